The van der Waals surface area contributed by atoms with Gasteiger partial charge in [0.05, 0.1) is 19.8 Å². The van der Waals surface area contributed by atoms with Crippen LogP contribution in [0.2, 0.25) is 10.0 Å². The average Bonchev–Trinajstić information content (AvgIpc) is 2.82. The van der Waals surface area contributed by atoms with Crippen LogP contribution in [0.25, 0.3) is 0 Å². The number of rotatable bonds is 12. The van der Waals surface area contributed by atoms with E-state index in [1.165, 1.54) is 14.2 Å². The molecule has 0 aliphatic carbocycles. The molecule has 10 N–H and O–H groups in total. The fourth-order valence-corrected chi connectivity index (χ4v) is 3.45. The maximum Gasteiger partial charge on any atom is 0.208 e. The minimum Gasteiger partial charge on any atom is -0.496 e. The molecule has 0 amide bonds. The first-order chi connectivity index (χ1) is 16.7. The van der Waals surface area contributed by atoms with Gasteiger partial charge >= 0.3 is 0 Å². The molecule has 0 heterocycles. The molecule has 35 heavy (non-hydrogen) atoms. The summed E-state index contributed by atoms with van der Waals surface area (Å²) < 4.78 is 10.3. The Morgan fingerprint density at radius 1 is 0.914 bits per heavy atom. The highest BCUT2D eigenvalue weighted by molar-refractivity contribution is 6.35. The normalized spacial score (nSPS) is 9.71. The highest BCUT2D eigenvalue weighted by Gasteiger charge is 2.11. The van der Waals surface area contributed by atoms with Crippen LogP contribution in [0, 0.1) is 0 Å². The van der Waals surface area contributed by atoms with Crippen LogP contribution in [0.1, 0.15) is 27.9 Å². The van der Waals surface area contributed by atoms with Crippen molar-refractivity contribution in [2.24, 2.45) is 33.1 Å². The molecule has 0 saturated heterocycles. The lowest BCUT2D eigenvalue weighted by atomic mass is 10.1. The molecule has 2 aromatic carbocycles. The highest BCUT2D eigenvalue weighted by atomic mass is 35.5. The standard InChI is InChI=1S/C12H18N4O3.C10H14Cl2N4/c1-18-10-5-8(3-4-15-16-12(13)14)6-11(19-2)9(10)7-17;11-8-4-1-5-9(12)7(8)3-2-6-15-16-10(13)14/h5-7,15H,3-4H2,1-2H3,(H4,13,14,16);1,4-5,15H,2-3,6H2,(H4,13,14,16). The van der Waals surface area contributed by atoms with Crippen molar-refractivity contribution >= 4 is 41.4 Å². The molecular formula is C22H32Cl2N8O3. The molecule has 11 nitrogen and oxygen atoms in total. The lowest BCUT2D eigenvalue weighted by Gasteiger charge is -2.11. The third-order valence-electron chi connectivity index (χ3n) is 4.44. The van der Waals surface area contributed by atoms with Crippen LogP contribution in [0.3, 0.4) is 0 Å². The van der Waals surface area contributed by atoms with Gasteiger partial charge in [0.15, 0.2) is 6.29 Å². The van der Waals surface area contributed by atoms with E-state index in [2.05, 4.69) is 21.1 Å². The SMILES string of the molecule is COc1cc(CCNN=C(N)N)cc(OC)c1C=O.NC(N)=NNCCCc1c(Cl)cccc1Cl. The molecule has 0 unspecified atom stereocenters. The molecule has 2 aromatic rings. The molecule has 0 aliphatic rings. The number of hydrogen-bond donors (Lipinski definition) is 6. The first kappa shape index (κ1) is 29.5. The third-order valence-corrected chi connectivity index (χ3v) is 5.15. The summed E-state index contributed by atoms with van der Waals surface area (Å²) in [5.41, 5.74) is 28.5. The topological polar surface area (TPSA) is 188 Å². The number of ether oxygens (including phenoxy) is 2. The molecule has 0 radical (unpaired) electrons. The molecule has 0 atom stereocenters. The number of carbonyl (C=O) groups is 1. The lowest BCUT2D eigenvalue weighted by molar-refractivity contribution is 0.111. The van der Waals surface area contributed by atoms with Gasteiger partial charge in [0.25, 0.3) is 0 Å². The lowest BCUT2D eigenvalue weighted by Crippen LogP contribution is -2.27. The van der Waals surface area contributed by atoms with Gasteiger partial charge < -0.3 is 43.3 Å². The Morgan fingerprint density at radius 2 is 1.43 bits per heavy atom. The Kier molecular flexibility index (Phi) is 13.6. The number of hydrogen-bond acceptors (Lipinski definition) is 7. The molecule has 0 spiro atoms. The zero-order valence-corrected chi connectivity index (χ0v) is 21.2. The summed E-state index contributed by atoms with van der Waals surface area (Å²) in [5.74, 6) is 0.958. The summed E-state index contributed by atoms with van der Waals surface area (Å²) in [7, 11) is 3.01. The van der Waals surface area contributed by atoms with Crippen molar-refractivity contribution in [2.75, 3.05) is 27.3 Å². The van der Waals surface area contributed by atoms with E-state index in [-0.39, 0.29) is 11.9 Å². The summed E-state index contributed by atoms with van der Waals surface area (Å²) in [4.78, 5) is 11.0. The van der Waals surface area contributed by atoms with E-state index in [1.807, 2.05) is 18.2 Å². The van der Waals surface area contributed by atoms with Crippen LogP contribution >= 0.6 is 23.2 Å². The average molecular weight is 527 g/mol. The molecule has 13 heteroatoms. The molecular weight excluding hydrogens is 495 g/mol. The predicted molar refractivity (Wildman–Crippen MR) is 141 cm³/mol. The number of aldehydes is 1. The molecule has 0 bridgehead atoms. The predicted octanol–water partition coefficient (Wildman–Crippen LogP) is 1.54. The van der Waals surface area contributed by atoms with Gasteiger partial charge in [-0.1, -0.05) is 29.3 Å². The van der Waals surface area contributed by atoms with E-state index in [0.29, 0.717) is 52.9 Å². The smallest absolute Gasteiger partial charge is 0.208 e. The molecule has 0 aromatic heterocycles. The molecule has 192 valence electrons. The molecule has 0 aliphatic heterocycles. The van der Waals surface area contributed by atoms with Crippen molar-refractivity contribution in [3.63, 3.8) is 0 Å². The summed E-state index contributed by atoms with van der Waals surface area (Å²) in [6.45, 7) is 1.21. The van der Waals surface area contributed by atoms with Gasteiger partial charge in [-0.3, -0.25) is 4.79 Å². The van der Waals surface area contributed by atoms with Crippen molar-refractivity contribution in [3.8, 4) is 11.5 Å². The number of nitrogens with one attached hydrogen (secondary N) is 2. The van der Waals surface area contributed by atoms with Gasteiger partial charge in [-0.15, -0.1) is 10.2 Å². The van der Waals surface area contributed by atoms with Crippen molar-refractivity contribution in [1.29, 1.82) is 0 Å². The fraction of sp³-hybridized carbons (Fsp3) is 0.318. The Bertz CT molecular complexity index is 965. The second-order valence-electron chi connectivity index (χ2n) is 6.98. The van der Waals surface area contributed by atoms with E-state index in [0.717, 1.165) is 24.0 Å². The van der Waals surface area contributed by atoms with E-state index >= 15 is 0 Å². The summed E-state index contributed by atoms with van der Waals surface area (Å²) in [6.07, 6.45) is 2.99. The first-order valence-electron chi connectivity index (χ1n) is 10.5. The van der Waals surface area contributed by atoms with Crippen molar-refractivity contribution in [1.82, 2.24) is 10.9 Å². The third kappa shape index (κ3) is 10.9. The van der Waals surface area contributed by atoms with Crippen molar-refractivity contribution in [2.45, 2.75) is 19.3 Å². The second kappa shape index (κ2) is 16.1. The van der Waals surface area contributed by atoms with E-state index in [1.54, 1.807) is 12.1 Å². The minimum atomic E-state index is -0.0218. The molecule has 2 rings (SSSR count). The van der Waals surface area contributed by atoms with E-state index < -0.39 is 0 Å². The van der Waals surface area contributed by atoms with E-state index in [9.17, 15) is 4.79 Å². The number of halogens is 2. The van der Waals surface area contributed by atoms with Crippen molar-refractivity contribution in [3.05, 3.63) is 57.1 Å². The molecule has 0 fully saturated rings. The van der Waals surface area contributed by atoms with Gasteiger partial charge in [-0.2, -0.15) is 0 Å². The zero-order chi connectivity index (χ0) is 26.2. The van der Waals surface area contributed by atoms with Gasteiger partial charge in [0.2, 0.25) is 11.9 Å². The number of carbonyl (C=O) groups excluding carboxylic acids is 1. The Labute approximate surface area is 214 Å². The van der Waals surface area contributed by atoms with E-state index in [4.69, 9.17) is 55.6 Å². The number of nitrogens with two attached hydrogens (primary N) is 4. The Morgan fingerprint density at radius 3 is 1.89 bits per heavy atom. The molecule has 0 saturated carbocycles. The van der Waals surface area contributed by atoms with Crippen LogP contribution in [0.15, 0.2) is 40.5 Å². The summed E-state index contributed by atoms with van der Waals surface area (Å²) >= 11 is 12.0. The monoisotopic (exact) mass is 526 g/mol. The van der Waals surface area contributed by atoms with Crippen LogP contribution < -0.4 is 43.3 Å². The quantitative estimate of drug-likeness (QED) is 0.0782. The number of hydrazone groups is 2. The Balaban J connectivity index is 0.000000355. The van der Waals surface area contributed by atoms with Gasteiger partial charge in [0, 0.05) is 23.1 Å². The van der Waals surface area contributed by atoms with Gasteiger partial charge in [0.1, 0.15) is 11.5 Å². The van der Waals surface area contributed by atoms with Crippen LogP contribution in [-0.4, -0.2) is 45.5 Å². The highest BCUT2D eigenvalue weighted by Crippen LogP contribution is 2.29. The van der Waals surface area contributed by atoms with Crippen molar-refractivity contribution < 1.29 is 14.3 Å². The Hall–Kier alpha value is -3.57. The van der Waals surface area contributed by atoms with Crippen LogP contribution in [0.5, 0.6) is 11.5 Å². The van der Waals surface area contributed by atoms with Crippen LogP contribution in [-0.2, 0) is 12.8 Å². The number of methoxy groups -OCH3 is 2. The van der Waals surface area contributed by atoms with Crippen LogP contribution in [0.4, 0.5) is 0 Å². The first-order valence-corrected chi connectivity index (χ1v) is 11.2. The summed E-state index contributed by atoms with van der Waals surface area (Å²) in [5, 5.41) is 8.70. The zero-order valence-electron chi connectivity index (χ0n) is 19.7. The summed E-state index contributed by atoms with van der Waals surface area (Å²) in [6, 6.07) is 9.04. The fourth-order valence-electron chi connectivity index (χ4n) is 2.86. The maximum absolute atomic E-state index is 11.0. The number of benzene rings is 2. The maximum atomic E-state index is 11.0. The van der Waals surface area contributed by atoms with Gasteiger partial charge in [-0.05, 0) is 54.7 Å². The number of nitrogens with zero attached hydrogens (tertiary/aromatic N) is 2. The second-order valence-corrected chi connectivity index (χ2v) is 7.79. The van der Waals surface area contributed by atoms with Gasteiger partial charge in [-0.25, -0.2) is 0 Å². The minimum absolute atomic E-state index is 0.0218. The largest absolute Gasteiger partial charge is 0.496 e. The number of guanidine groups is 2.